The summed E-state index contributed by atoms with van der Waals surface area (Å²) in [4.78, 5) is 38.9. The second kappa shape index (κ2) is 8.71. The molecule has 1 aliphatic rings. The summed E-state index contributed by atoms with van der Waals surface area (Å²) in [7, 11) is 0. The van der Waals surface area contributed by atoms with Crippen LogP contribution in [-0.4, -0.2) is 56.8 Å². The fourth-order valence-corrected chi connectivity index (χ4v) is 3.35. The van der Waals surface area contributed by atoms with Gasteiger partial charge < -0.3 is 19.9 Å². The van der Waals surface area contributed by atoms with Crippen molar-refractivity contribution in [2.45, 2.75) is 38.7 Å². The molecule has 1 aliphatic heterocycles. The Kier molecular flexibility index (Phi) is 6.10. The zero-order valence-corrected chi connectivity index (χ0v) is 15.8. The van der Waals surface area contributed by atoms with Gasteiger partial charge in [0.1, 0.15) is 11.8 Å². The lowest BCUT2D eigenvalue weighted by Crippen LogP contribution is -2.34. The summed E-state index contributed by atoms with van der Waals surface area (Å²) >= 11 is 0. The van der Waals surface area contributed by atoms with Crippen molar-refractivity contribution < 1.29 is 23.8 Å². The molecule has 0 amide bonds. The van der Waals surface area contributed by atoms with Crippen molar-refractivity contribution in [3.05, 3.63) is 23.1 Å². The number of carbonyl (C=O) groups is 2. The molecule has 154 valence electrons. The average Bonchev–Trinajstić information content (AvgIpc) is 3.23. The van der Waals surface area contributed by atoms with Crippen LogP contribution < -0.4 is 5.73 Å². The number of nitrogens with two attached hydrogens (primary N) is 1. The molecule has 0 radical (unpaired) electrons. The maximum Gasteiger partial charge on any atom is 0.306 e. The van der Waals surface area contributed by atoms with Crippen molar-refractivity contribution in [2.24, 2.45) is 11.0 Å². The van der Waals surface area contributed by atoms with Crippen LogP contribution in [-0.2, 0) is 23.8 Å². The number of hydrogen-bond donors (Lipinski definition) is 1. The van der Waals surface area contributed by atoms with Gasteiger partial charge >= 0.3 is 11.9 Å². The highest BCUT2D eigenvalue weighted by atomic mass is 16.6. The molecule has 2 aromatic heterocycles. The number of aromatic nitrogens is 4. The molecule has 2 aromatic rings. The summed E-state index contributed by atoms with van der Waals surface area (Å²) < 4.78 is 18.1. The Morgan fingerprint density at radius 2 is 2.21 bits per heavy atom. The zero-order chi connectivity index (χ0) is 21.0. The lowest BCUT2D eigenvalue weighted by atomic mass is 9.94. The first kappa shape index (κ1) is 20.3. The minimum Gasteiger partial charge on any atom is -0.466 e. The van der Waals surface area contributed by atoms with Crippen molar-refractivity contribution in [1.29, 1.82) is 0 Å². The van der Waals surface area contributed by atoms with Gasteiger partial charge in [0.05, 0.1) is 32.0 Å². The Labute approximate surface area is 164 Å². The van der Waals surface area contributed by atoms with E-state index in [1.165, 1.54) is 19.6 Å². The molecule has 0 spiro atoms. The average molecular weight is 404 g/mol. The summed E-state index contributed by atoms with van der Waals surface area (Å²) in [5.41, 5.74) is 15.3. The Morgan fingerprint density at radius 3 is 2.90 bits per heavy atom. The Morgan fingerprint density at radius 1 is 1.41 bits per heavy atom. The summed E-state index contributed by atoms with van der Waals surface area (Å²) in [6.07, 6.45) is 0.202. The highest BCUT2D eigenvalue weighted by Crippen LogP contribution is 2.40. The summed E-state index contributed by atoms with van der Waals surface area (Å²) in [6, 6.07) is 0. The molecule has 2 N–H and O–H groups in total. The second-order valence-corrected chi connectivity index (χ2v) is 6.31. The minimum atomic E-state index is -0.871. The number of fused-ring (bicyclic) bond motifs is 1. The molecule has 3 heterocycles. The first-order chi connectivity index (χ1) is 14.0. The van der Waals surface area contributed by atoms with Gasteiger partial charge in [-0.2, -0.15) is 0 Å². The molecular formula is C16H20N8O5. The first-order valence-electron chi connectivity index (χ1n) is 8.88. The Bertz CT molecular complexity index is 956. The molecule has 3 rings (SSSR count). The van der Waals surface area contributed by atoms with Crippen LogP contribution in [0.25, 0.3) is 21.6 Å². The van der Waals surface area contributed by atoms with Gasteiger partial charge in [0.15, 0.2) is 23.8 Å². The summed E-state index contributed by atoms with van der Waals surface area (Å²) in [6.45, 7) is 3.09. The molecule has 0 aromatic carbocycles. The van der Waals surface area contributed by atoms with Crippen molar-refractivity contribution in [2.75, 3.05) is 18.9 Å². The van der Waals surface area contributed by atoms with Gasteiger partial charge in [-0.25, -0.2) is 15.0 Å². The van der Waals surface area contributed by atoms with E-state index in [0.29, 0.717) is 11.2 Å². The van der Waals surface area contributed by atoms with Crippen LogP contribution >= 0.6 is 0 Å². The smallest absolute Gasteiger partial charge is 0.306 e. The molecular weight excluding hydrogens is 384 g/mol. The van der Waals surface area contributed by atoms with Crippen LogP contribution in [0.5, 0.6) is 0 Å². The third kappa shape index (κ3) is 4.20. The van der Waals surface area contributed by atoms with Gasteiger partial charge in [-0.3, -0.25) is 14.2 Å². The number of nitrogen functional groups attached to an aromatic ring is 1. The highest BCUT2D eigenvalue weighted by molar-refractivity contribution is 5.81. The molecule has 0 saturated carbocycles. The fourth-order valence-electron chi connectivity index (χ4n) is 3.35. The number of esters is 2. The molecule has 0 unspecified atom stereocenters. The number of rotatable bonds is 7. The van der Waals surface area contributed by atoms with E-state index < -0.39 is 36.3 Å². The topological polar surface area (TPSA) is 180 Å². The van der Waals surface area contributed by atoms with E-state index in [4.69, 9.17) is 25.5 Å². The van der Waals surface area contributed by atoms with Crippen LogP contribution in [0.1, 0.15) is 26.5 Å². The molecule has 1 saturated heterocycles. The molecule has 0 aliphatic carbocycles. The van der Waals surface area contributed by atoms with Crippen LogP contribution in [0.4, 0.5) is 5.82 Å². The van der Waals surface area contributed by atoms with Gasteiger partial charge in [-0.15, -0.1) is 0 Å². The van der Waals surface area contributed by atoms with Crippen molar-refractivity contribution in [1.82, 2.24) is 19.5 Å². The SMILES string of the molecule is CCOC(=O)C[C@H]1[C@@H](OC(C)=O)[C@H](n2cnc3c(N)ncnc32)O[C@@H]1CN=[N+]=[N-]. The van der Waals surface area contributed by atoms with Gasteiger partial charge in [-0.1, -0.05) is 5.11 Å². The number of carbonyl (C=O) groups excluding carboxylic acids is 2. The largest absolute Gasteiger partial charge is 0.466 e. The maximum atomic E-state index is 12.1. The quantitative estimate of drug-likeness (QED) is 0.306. The van der Waals surface area contributed by atoms with E-state index in [0.717, 1.165) is 0 Å². The van der Waals surface area contributed by atoms with Crippen molar-refractivity contribution >= 4 is 28.9 Å². The maximum absolute atomic E-state index is 12.1. The second-order valence-electron chi connectivity index (χ2n) is 6.31. The third-order valence-corrected chi connectivity index (χ3v) is 4.49. The number of imidazole rings is 1. The van der Waals surface area contributed by atoms with E-state index >= 15 is 0 Å². The van der Waals surface area contributed by atoms with Crippen LogP contribution in [0.3, 0.4) is 0 Å². The Hall–Kier alpha value is -3.44. The Balaban J connectivity index is 2.01. The molecule has 13 heteroatoms. The summed E-state index contributed by atoms with van der Waals surface area (Å²) in [5, 5.41) is 3.56. The van der Waals surface area contributed by atoms with Gasteiger partial charge in [-0.05, 0) is 12.5 Å². The third-order valence-electron chi connectivity index (χ3n) is 4.49. The first-order valence-corrected chi connectivity index (χ1v) is 8.88. The van der Waals surface area contributed by atoms with E-state index in [1.54, 1.807) is 11.5 Å². The highest BCUT2D eigenvalue weighted by Gasteiger charge is 2.48. The van der Waals surface area contributed by atoms with Crippen molar-refractivity contribution in [3.8, 4) is 0 Å². The minimum absolute atomic E-state index is 0.0570. The number of azide groups is 1. The number of anilines is 1. The molecule has 0 bridgehead atoms. The van der Waals surface area contributed by atoms with Crippen LogP contribution in [0, 0.1) is 5.92 Å². The predicted molar refractivity (Wildman–Crippen MR) is 98.0 cm³/mol. The zero-order valence-electron chi connectivity index (χ0n) is 15.8. The monoisotopic (exact) mass is 404 g/mol. The molecule has 4 atom stereocenters. The van der Waals surface area contributed by atoms with Gasteiger partial charge in [0, 0.05) is 17.8 Å². The molecule has 13 nitrogen and oxygen atoms in total. The lowest BCUT2D eigenvalue weighted by molar-refractivity contribution is -0.156. The number of nitrogens with zero attached hydrogens (tertiary/aromatic N) is 7. The van der Waals surface area contributed by atoms with Crippen molar-refractivity contribution in [3.63, 3.8) is 0 Å². The number of ether oxygens (including phenoxy) is 3. The van der Waals surface area contributed by atoms with Gasteiger partial charge in [0.2, 0.25) is 0 Å². The molecule has 29 heavy (non-hydrogen) atoms. The van der Waals surface area contributed by atoms with E-state index in [2.05, 4.69) is 25.0 Å². The van der Waals surface area contributed by atoms with E-state index in [1.807, 2.05) is 0 Å². The fraction of sp³-hybridized carbons (Fsp3) is 0.562. The van der Waals surface area contributed by atoms with Crippen LogP contribution in [0.15, 0.2) is 17.8 Å². The molecule has 1 fully saturated rings. The predicted octanol–water partition coefficient (Wildman–Crippen LogP) is 1.12. The number of hydrogen-bond acceptors (Lipinski definition) is 10. The van der Waals surface area contributed by atoms with Gasteiger partial charge in [0.25, 0.3) is 0 Å². The van der Waals surface area contributed by atoms with E-state index in [9.17, 15) is 9.59 Å². The normalized spacial score (nSPS) is 23.5. The summed E-state index contributed by atoms with van der Waals surface area (Å²) in [5.74, 6) is -1.46. The lowest BCUT2D eigenvalue weighted by Gasteiger charge is -2.23. The van der Waals surface area contributed by atoms with E-state index in [-0.39, 0.29) is 25.4 Å². The standard InChI is InChI=1S/C16H20N8O5/c1-3-27-11(26)4-9-10(5-22-23-18)29-16(13(9)28-8(2)25)24-7-21-12-14(17)19-6-20-15(12)24/h6-7,9-10,13,16H,3-5H2,1-2H3,(H2,17,19,20)/t9-,10-,13-,16-/m1/s1. The van der Waals surface area contributed by atoms with Crippen LogP contribution in [0.2, 0.25) is 0 Å².